The summed E-state index contributed by atoms with van der Waals surface area (Å²) in [6.45, 7) is 7.10. The summed E-state index contributed by atoms with van der Waals surface area (Å²) < 4.78 is 5.67. The maximum Gasteiger partial charge on any atom is 0.208 e. The molecule has 2 aliphatic rings. The van der Waals surface area contributed by atoms with Gasteiger partial charge in [0, 0.05) is 19.1 Å². The van der Waals surface area contributed by atoms with Gasteiger partial charge in [0.2, 0.25) is 5.89 Å². The highest BCUT2D eigenvalue weighted by Crippen LogP contribution is 2.36. The Morgan fingerprint density at radius 3 is 2.83 bits per heavy atom. The van der Waals surface area contributed by atoms with Crippen molar-refractivity contribution >= 4 is 0 Å². The molecule has 2 fully saturated rings. The highest BCUT2D eigenvalue weighted by atomic mass is 16.4. The van der Waals surface area contributed by atoms with Gasteiger partial charge in [0.1, 0.15) is 5.76 Å². The van der Waals surface area contributed by atoms with E-state index in [0.29, 0.717) is 12.0 Å². The van der Waals surface area contributed by atoms with Gasteiger partial charge < -0.3 is 10.2 Å². The molecule has 4 nitrogen and oxygen atoms in total. The van der Waals surface area contributed by atoms with Gasteiger partial charge in [-0.25, -0.2) is 4.98 Å². The lowest BCUT2D eigenvalue weighted by Gasteiger charge is -2.29. The molecule has 1 aromatic heterocycles. The Kier molecular flexibility index (Phi) is 3.16. The Bertz CT molecular complexity index is 409. The molecular formula is C14H23N3O. The lowest BCUT2D eigenvalue weighted by atomic mass is 9.78. The Hall–Kier alpha value is -0.870. The number of nitrogens with two attached hydrogens (primary N) is 1. The van der Waals surface area contributed by atoms with E-state index in [0.717, 1.165) is 36.4 Å². The minimum Gasteiger partial charge on any atom is -0.444 e. The largest absolute Gasteiger partial charge is 0.444 e. The maximum atomic E-state index is 6.24. The molecule has 1 saturated carbocycles. The van der Waals surface area contributed by atoms with Crippen molar-refractivity contribution in [1.29, 1.82) is 0 Å². The molecule has 0 amide bonds. The van der Waals surface area contributed by atoms with Crippen LogP contribution in [0.3, 0.4) is 0 Å². The minimum absolute atomic E-state index is 0.404. The first-order valence-electron chi connectivity index (χ1n) is 7.04. The standard InChI is InChI=1S/C14H23N3O/c1-9-10(2)18-14(16-9)8-17-6-11-4-3-5-13(15)12(11)7-17/h11-13H,3-8,15H2,1-2H3. The van der Waals surface area contributed by atoms with E-state index >= 15 is 0 Å². The number of aromatic nitrogens is 1. The summed E-state index contributed by atoms with van der Waals surface area (Å²) in [6, 6.07) is 0.404. The van der Waals surface area contributed by atoms with Crippen LogP contribution in [0.4, 0.5) is 0 Å². The summed E-state index contributed by atoms with van der Waals surface area (Å²) in [5.41, 5.74) is 7.25. The number of hydrogen-bond acceptors (Lipinski definition) is 4. The monoisotopic (exact) mass is 249 g/mol. The number of aryl methyl sites for hydroxylation is 2. The number of rotatable bonds is 2. The van der Waals surface area contributed by atoms with E-state index in [1.54, 1.807) is 0 Å². The number of nitrogens with zero attached hydrogens (tertiary/aromatic N) is 2. The first-order chi connectivity index (χ1) is 8.63. The van der Waals surface area contributed by atoms with Gasteiger partial charge in [-0.2, -0.15) is 0 Å². The molecule has 100 valence electrons. The second kappa shape index (κ2) is 4.67. The molecule has 18 heavy (non-hydrogen) atoms. The third-order valence-corrected chi connectivity index (χ3v) is 4.66. The van der Waals surface area contributed by atoms with Crippen LogP contribution in [0.25, 0.3) is 0 Å². The van der Waals surface area contributed by atoms with Crippen LogP contribution >= 0.6 is 0 Å². The van der Waals surface area contributed by atoms with Gasteiger partial charge in [0.25, 0.3) is 0 Å². The second-order valence-corrected chi connectivity index (χ2v) is 5.96. The lowest BCUT2D eigenvalue weighted by molar-refractivity contribution is 0.257. The van der Waals surface area contributed by atoms with Gasteiger partial charge >= 0.3 is 0 Å². The third-order valence-electron chi connectivity index (χ3n) is 4.66. The molecule has 1 aliphatic heterocycles. The number of fused-ring (bicyclic) bond motifs is 1. The second-order valence-electron chi connectivity index (χ2n) is 5.96. The summed E-state index contributed by atoms with van der Waals surface area (Å²) in [5, 5.41) is 0. The fourth-order valence-corrected chi connectivity index (χ4v) is 3.54. The molecule has 3 unspecified atom stereocenters. The topological polar surface area (TPSA) is 55.3 Å². The Morgan fingerprint density at radius 1 is 1.33 bits per heavy atom. The van der Waals surface area contributed by atoms with E-state index in [1.807, 2.05) is 13.8 Å². The van der Waals surface area contributed by atoms with E-state index in [-0.39, 0.29) is 0 Å². The van der Waals surface area contributed by atoms with Crippen molar-refractivity contribution in [3.63, 3.8) is 0 Å². The third kappa shape index (κ3) is 2.19. The van der Waals surface area contributed by atoms with Crippen LogP contribution < -0.4 is 5.73 Å². The summed E-state index contributed by atoms with van der Waals surface area (Å²) in [7, 11) is 0. The average molecular weight is 249 g/mol. The predicted molar refractivity (Wildman–Crippen MR) is 70.1 cm³/mol. The van der Waals surface area contributed by atoms with Crippen molar-refractivity contribution in [2.45, 2.75) is 45.7 Å². The zero-order valence-corrected chi connectivity index (χ0v) is 11.4. The van der Waals surface area contributed by atoms with E-state index in [1.165, 1.54) is 25.8 Å². The van der Waals surface area contributed by atoms with Crippen LogP contribution in [0, 0.1) is 25.7 Å². The molecule has 1 aromatic rings. The molecule has 0 radical (unpaired) electrons. The van der Waals surface area contributed by atoms with Gasteiger partial charge in [-0.3, -0.25) is 4.90 Å². The molecule has 0 aromatic carbocycles. The quantitative estimate of drug-likeness (QED) is 0.869. The lowest BCUT2D eigenvalue weighted by Crippen LogP contribution is -2.38. The van der Waals surface area contributed by atoms with Gasteiger partial charge in [-0.05, 0) is 38.5 Å². The zero-order valence-electron chi connectivity index (χ0n) is 11.4. The van der Waals surface area contributed by atoms with Crippen molar-refractivity contribution in [2.24, 2.45) is 17.6 Å². The predicted octanol–water partition coefficient (Wildman–Crippen LogP) is 1.85. The van der Waals surface area contributed by atoms with Crippen molar-refractivity contribution in [1.82, 2.24) is 9.88 Å². The molecule has 2 heterocycles. The van der Waals surface area contributed by atoms with Crippen LogP contribution in [0.15, 0.2) is 4.42 Å². The Labute approximate surface area is 109 Å². The number of hydrogen-bond donors (Lipinski definition) is 1. The molecule has 2 N–H and O–H groups in total. The van der Waals surface area contributed by atoms with Crippen molar-refractivity contribution in [2.75, 3.05) is 13.1 Å². The highest BCUT2D eigenvalue weighted by molar-refractivity contribution is 5.05. The Morgan fingerprint density at radius 2 is 2.17 bits per heavy atom. The van der Waals surface area contributed by atoms with E-state index in [2.05, 4.69) is 9.88 Å². The summed E-state index contributed by atoms with van der Waals surface area (Å²) in [5.74, 6) is 3.29. The van der Waals surface area contributed by atoms with Crippen molar-refractivity contribution in [3.8, 4) is 0 Å². The van der Waals surface area contributed by atoms with Crippen molar-refractivity contribution < 1.29 is 4.42 Å². The van der Waals surface area contributed by atoms with Gasteiger partial charge in [0.15, 0.2) is 0 Å². The number of likely N-dealkylation sites (tertiary alicyclic amines) is 1. The van der Waals surface area contributed by atoms with Crippen molar-refractivity contribution in [3.05, 3.63) is 17.3 Å². The zero-order chi connectivity index (χ0) is 12.7. The first-order valence-corrected chi connectivity index (χ1v) is 7.04. The van der Waals surface area contributed by atoms with Crippen LogP contribution in [-0.2, 0) is 6.54 Å². The maximum absolute atomic E-state index is 6.24. The van der Waals surface area contributed by atoms with Gasteiger partial charge in [-0.15, -0.1) is 0 Å². The van der Waals surface area contributed by atoms with E-state index in [9.17, 15) is 0 Å². The normalized spacial score (nSPS) is 32.7. The molecular weight excluding hydrogens is 226 g/mol. The minimum atomic E-state index is 0.404. The average Bonchev–Trinajstić information content (AvgIpc) is 2.85. The van der Waals surface area contributed by atoms with E-state index < -0.39 is 0 Å². The fourth-order valence-electron chi connectivity index (χ4n) is 3.54. The fraction of sp³-hybridized carbons (Fsp3) is 0.786. The molecule has 3 atom stereocenters. The van der Waals surface area contributed by atoms with E-state index in [4.69, 9.17) is 10.2 Å². The van der Waals surface area contributed by atoms with Gasteiger partial charge in [-0.1, -0.05) is 6.42 Å². The highest BCUT2D eigenvalue weighted by Gasteiger charge is 2.38. The molecule has 1 saturated heterocycles. The number of oxazole rings is 1. The van der Waals surface area contributed by atoms with Gasteiger partial charge in [0.05, 0.1) is 12.2 Å². The summed E-state index contributed by atoms with van der Waals surface area (Å²) >= 11 is 0. The smallest absolute Gasteiger partial charge is 0.208 e. The molecule has 1 aliphatic carbocycles. The summed E-state index contributed by atoms with van der Waals surface area (Å²) in [4.78, 5) is 6.93. The molecule has 0 bridgehead atoms. The Balaban J connectivity index is 1.65. The van der Waals surface area contributed by atoms with Crippen LogP contribution in [0.1, 0.15) is 36.6 Å². The van der Waals surface area contributed by atoms with Crippen LogP contribution in [0.5, 0.6) is 0 Å². The summed E-state index contributed by atoms with van der Waals surface area (Å²) in [6.07, 6.45) is 3.85. The first kappa shape index (κ1) is 12.2. The van der Waals surface area contributed by atoms with Crippen LogP contribution in [0.2, 0.25) is 0 Å². The molecule has 0 spiro atoms. The SMILES string of the molecule is Cc1nc(CN2CC3CCCC(N)C3C2)oc1C. The molecule has 4 heteroatoms. The molecule has 3 rings (SSSR count). The van der Waals surface area contributed by atoms with Crippen LogP contribution in [-0.4, -0.2) is 29.0 Å².